The van der Waals surface area contributed by atoms with E-state index in [1.54, 1.807) is 6.92 Å². The molecule has 3 aliphatic rings. The summed E-state index contributed by atoms with van der Waals surface area (Å²) in [6.45, 7) is 14.0. The number of carbonyl (C=O) groups excluding carboxylic acids is 2. The normalized spacial score (nSPS) is 18.6. The van der Waals surface area contributed by atoms with Crippen molar-refractivity contribution in [1.82, 2.24) is 0 Å². The summed E-state index contributed by atoms with van der Waals surface area (Å²) >= 11 is 0. The van der Waals surface area contributed by atoms with Gasteiger partial charge in [-0.3, -0.25) is 9.59 Å². The number of hydrogen-bond donors (Lipinski definition) is 0. The summed E-state index contributed by atoms with van der Waals surface area (Å²) in [4.78, 5) is 26.6. The van der Waals surface area contributed by atoms with Crippen LogP contribution in [0.1, 0.15) is 138 Å². The smallest absolute Gasteiger partial charge is 0.227 e. The molecule has 3 unspecified atom stereocenters. The number of amides is 1. The predicted molar refractivity (Wildman–Crippen MR) is 241 cm³/mol. The number of hydrogen-bond acceptors (Lipinski definition) is 4. The molecule has 0 N–H and O–H groups in total. The Kier molecular flexibility index (Phi) is 16.9. The van der Waals surface area contributed by atoms with Gasteiger partial charge in [0, 0.05) is 60.3 Å². The summed E-state index contributed by atoms with van der Waals surface area (Å²) in [6.07, 6.45) is 5.87. The topological polar surface area (TPSA) is 55.8 Å². The van der Waals surface area contributed by atoms with Gasteiger partial charge in [-0.25, -0.2) is 4.39 Å². The van der Waals surface area contributed by atoms with Crippen LogP contribution in [0.3, 0.4) is 0 Å². The van der Waals surface area contributed by atoms with E-state index in [1.165, 1.54) is 11.1 Å². The van der Waals surface area contributed by atoms with Crippen molar-refractivity contribution >= 4 is 17.4 Å². The van der Waals surface area contributed by atoms with Gasteiger partial charge in [0.1, 0.15) is 5.78 Å². The summed E-state index contributed by atoms with van der Waals surface area (Å²) in [6, 6.07) is 32.3. The molecule has 0 radical (unpaired) electrons. The van der Waals surface area contributed by atoms with E-state index in [0.717, 1.165) is 59.2 Å². The molecule has 0 bridgehead atoms. The molecule has 60 heavy (non-hydrogen) atoms. The Balaban J connectivity index is 0.000000179. The highest BCUT2D eigenvalue weighted by atomic mass is 19.1. The molecule has 1 heterocycles. The standard InChI is InChI=1S/C23H23NO2.C19H18O.C12H19FO/c1-17(2)22(25)12-7-13-23(26)24-16-20-10-4-3-8-18(20)14-15-19-9-5-6-11-21(19)24;1-14(2)20-19-13-17-9-4-3-7-15(17)11-12-16-8-5-6-10-18(16)19;1-10(2)14-11-7-5-4-6-8-12(3,13)9-11/h3-6,8-11,17H,7,12-13,16H2,1-2H3;3-10,14,19H,13H2,1-2H3;10-11H,4-5,7,9H2,1-3H3. The van der Waals surface area contributed by atoms with E-state index in [4.69, 9.17) is 9.47 Å². The van der Waals surface area contributed by atoms with Gasteiger partial charge < -0.3 is 14.4 Å². The number of anilines is 1. The Morgan fingerprint density at radius 1 is 0.733 bits per heavy atom. The van der Waals surface area contributed by atoms with Gasteiger partial charge in [-0.05, 0) is 101 Å². The maximum atomic E-state index is 13.8. The lowest BCUT2D eigenvalue weighted by molar-refractivity contribution is -0.122. The van der Waals surface area contributed by atoms with Crippen molar-refractivity contribution in [2.45, 2.75) is 136 Å². The number of fused-ring (bicyclic) bond motifs is 4. The van der Waals surface area contributed by atoms with Crippen molar-refractivity contribution in [3.63, 3.8) is 0 Å². The Labute approximate surface area is 358 Å². The molecule has 0 saturated carbocycles. The van der Waals surface area contributed by atoms with Crippen molar-refractivity contribution in [3.8, 4) is 35.5 Å². The lowest BCUT2D eigenvalue weighted by Gasteiger charge is -2.26. The number of ketones is 1. The van der Waals surface area contributed by atoms with E-state index in [-0.39, 0.29) is 42.0 Å². The second-order valence-corrected chi connectivity index (χ2v) is 16.7. The van der Waals surface area contributed by atoms with Gasteiger partial charge in [0.2, 0.25) is 5.91 Å². The fourth-order valence-electron chi connectivity index (χ4n) is 7.40. The predicted octanol–water partition coefficient (Wildman–Crippen LogP) is 11.5. The van der Waals surface area contributed by atoms with E-state index in [2.05, 4.69) is 85.8 Å². The van der Waals surface area contributed by atoms with Crippen molar-refractivity contribution in [1.29, 1.82) is 0 Å². The van der Waals surface area contributed by atoms with Gasteiger partial charge in [-0.2, -0.15) is 0 Å². The summed E-state index contributed by atoms with van der Waals surface area (Å²) in [5, 5.41) is 0. The molecule has 2 aliphatic carbocycles. The maximum absolute atomic E-state index is 13.8. The van der Waals surface area contributed by atoms with E-state index >= 15 is 0 Å². The summed E-state index contributed by atoms with van der Waals surface area (Å²) in [7, 11) is 0. The minimum atomic E-state index is -1.38. The Morgan fingerprint density at radius 3 is 1.98 bits per heavy atom. The molecule has 1 aliphatic heterocycles. The molecule has 7 rings (SSSR count). The first-order valence-electron chi connectivity index (χ1n) is 21.5. The van der Waals surface area contributed by atoms with Crippen LogP contribution in [0.5, 0.6) is 0 Å². The number of ether oxygens (including phenoxy) is 2. The molecule has 4 aromatic rings. The van der Waals surface area contributed by atoms with Gasteiger partial charge in [-0.1, -0.05) is 116 Å². The number of nitrogens with zero attached hydrogens (tertiary/aromatic N) is 1. The van der Waals surface area contributed by atoms with Gasteiger partial charge in [-0.15, -0.1) is 0 Å². The third kappa shape index (κ3) is 13.8. The number of rotatable bonds is 9. The molecule has 0 saturated heterocycles. The zero-order chi connectivity index (χ0) is 43.1. The molecule has 1 amide bonds. The lowest BCUT2D eigenvalue weighted by Crippen LogP contribution is -2.31. The van der Waals surface area contributed by atoms with Gasteiger partial charge in [0.05, 0.1) is 36.6 Å². The quantitative estimate of drug-likeness (QED) is 0.158. The molecule has 4 aromatic carbocycles. The van der Waals surface area contributed by atoms with Crippen LogP contribution in [0.15, 0.2) is 97.1 Å². The largest absolute Gasteiger partial charge is 0.375 e. The van der Waals surface area contributed by atoms with Crippen molar-refractivity contribution in [2.75, 3.05) is 4.90 Å². The number of benzene rings is 4. The highest BCUT2D eigenvalue weighted by Gasteiger charge is 2.28. The van der Waals surface area contributed by atoms with Crippen molar-refractivity contribution < 1.29 is 23.5 Å². The van der Waals surface area contributed by atoms with Crippen LogP contribution in [-0.2, 0) is 32.0 Å². The summed E-state index contributed by atoms with van der Waals surface area (Å²) < 4.78 is 25.6. The minimum Gasteiger partial charge on any atom is -0.375 e. The molecule has 0 spiro atoms. The van der Waals surface area contributed by atoms with Crippen LogP contribution in [0.2, 0.25) is 0 Å². The average molecular weight is 806 g/mol. The molecule has 0 aromatic heterocycles. The molecular weight excluding hydrogens is 746 g/mol. The Morgan fingerprint density at radius 2 is 1.30 bits per heavy atom. The van der Waals surface area contributed by atoms with Crippen molar-refractivity contribution in [3.05, 3.63) is 136 Å². The third-order valence-corrected chi connectivity index (χ3v) is 10.4. The van der Waals surface area contributed by atoms with Crippen LogP contribution in [0, 0.1) is 41.4 Å². The first kappa shape index (κ1) is 45.6. The van der Waals surface area contributed by atoms with E-state index in [9.17, 15) is 14.0 Å². The molecule has 5 nitrogen and oxygen atoms in total. The van der Waals surface area contributed by atoms with Crippen LogP contribution in [0.4, 0.5) is 10.1 Å². The molecule has 6 heteroatoms. The maximum Gasteiger partial charge on any atom is 0.227 e. The Hall–Kier alpha value is -5.45. The summed E-state index contributed by atoms with van der Waals surface area (Å²) in [5.41, 5.74) is 6.97. The van der Waals surface area contributed by atoms with Gasteiger partial charge in [0.15, 0.2) is 5.67 Å². The lowest BCUT2D eigenvalue weighted by atomic mass is 9.92. The van der Waals surface area contributed by atoms with E-state index < -0.39 is 5.67 Å². The fourth-order valence-corrected chi connectivity index (χ4v) is 7.40. The molecule has 3 atom stereocenters. The highest BCUT2D eigenvalue weighted by Crippen LogP contribution is 2.30. The fraction of sp³-hybridized carbons (Fsp3) is 0.407. The van der Waals surface area contributed by atoms with E-state index in [1.807, 2.05) is 93.3 Å². The molecule has 0 fully saturated rings. The van der Waals surface area contributed by atoms with Crippen LogP contribution in [-0.4, -0.2) is 35.7 Å². The van der Waals surface area contributed by atoms with Gasteiger partial charge in [0.25, 0.3) is 0 Å². The van der Waals surface area contributed by atoms with Crippen molar-refractivity contribution in [2.24, 2.45) is 5.92 Å². The minimum absolute atomic E-state index is 0.0229. The van der Waals surface area contributed by atoms with E-state index in [0.29, 0.717) is 32.2 Å². The molecule has 312 valence electrons. The number of halogens is 1. The number of para-hydroxylation sites is 1. The molecular formula is C54H60FNO4. The second-order valence-electron chi connectivity index (χ2n) is 16.7. The van der Waals surface area contributed by atoms with Crippen LogP contribution in [0.25, 0.3) is 0 Å². The third-order valence-electron chi connectivity index (χ3n) is 10.4. The van der Waals surface area contributed by atoms with Crippen LogP contribution < -0.4 is 4.90 Å². The highest BCUT2D eigenvalue weighted by molar-refractivity contribution is 5.95. The zero-order valence-electron chi connectivity index (χ0n) is 36.4. The average Bonchev–Trinajstić information content (AvgIpc) is 3.19. The monoisotopic (exact) mass is 805 g/mol. The second kappa shape index (κ2) is 22.2. The Bertz CT molecular complexity index is 2270. The number of alkyl halides is 1. The van der Waals surface area contributed by atoms with Gasteiger partial charge >= 0.3 is 0 Å². The summed E-state index contributed by atoms with van der Waals surface area (Å²) in [5.74, 6) is 18.8. The number of Topliss-reactive ketones (excluding diaryl/α,β-unsaturated/α-hetero) is 1. The zero-order valence-corrected chi connectivity index (χ0v) is 36.4. The number of carbonyl (C=O) groups is 2. The SMILES string of the molecule is CC(C)C(=O)CCCC(=O)N1Cc2ccccc2C#Cc2ccccc21.CC(C)OC1CCCC#CC(C)(F)C1.CC(C)OC1Cc2ccccc2C#Cc2ccccc21. The first-order valence-corrected chi connectivity index (χ1v) is 21.5. The van der Waals surface area contributed by atoms with Crippen LogP contribution >= 0.6 is 0 Å². The first-order chi connectivity index (χ1) is 28.8.